The van der Waals surface area contributed by atoms with Crippen LogP contribution in [-0.4, -0.2) is 29.4 Å². The minimum atomic E-state index is -0.484. The Bertz CT molecular complexity index is 630. The van der Waals surface area contributed by atoms with Crippen molar-refractivity contribution in [3.8, 4) is 5.75 Å². The summed E-state index contributed by atoms with van der Waals surface area (Å²) in [6, 6.07) is 6.34. The third-order valence-electron chi connectivity index (χ3n) is 3.97. The molecule has 2 N–H and O–H groups in total. The number of rotatable bonds is 5. The van der Waals surface area contributed by atoms with Gasteiger partial charge in [0.25, 0.3) is 0 Å². The number of ether oxygens (including phenoxy) is 2. The fourth-order valence-electron chi connectivity index (χ4n) is 2.78. The van der Waals surface area contributed by atoms with Crippen LogP contribution in [0.5, 0.6) is 5.75 Å². The van der Waals surface area contributed by atoms with E-state index in [9.17, 15) is 4.79 Å². The zero-order valence-electron chi connectivity index (χ0n) is 16.6. The van der Waals surface area contributed by atoms with Crippen LogP contribution in [0.1, 0.15) is 59.6 Å². The minimum absolute atomic E-state index is 0.120. The predicted molar refractivity (Wildman–Crippen MR) is 100 cm³/mol. The molecular weight excluding hydrogens is 316 g/mol. The Morgan fingerprint density at radius 2 is 1.92 bits per heavy atom. The van der Waals surface area contributed by atoms with Crippen molar-refractivity contribution in [2.45, 2.75) is 78.2 Å². The molecule has 5 nitrogen and oxygen atoms in total. The second-order valence-corrected chi connectivity index (χ2v) is 9.07. The first-order valence-corrected chi connectivity index (χ1v) is 8.88. The average Bonchev–Trinajstić information content (AvgIpc) is 2.74. The van der Waals surface area contributed by atoms with E-state index in [1.807, 2.05) is 26.8 Å². The van der Waals surface area contributed by atoms with Gasteiger partial charge in [-0.25, -0.2) is 4.79 Å². The van der Waals surface area contributed by atoms with E-state index in [2.05, 4.69) is 50.5 Å². The van der Waals surface area contributed by atoms with Crippen LogP contribution in [-0.2, 0) is 17.7 Å². The second-order valence-electron chi connectivity index (χ2n) is 9.07. The van der Waals surface area contributed by atoms with Crippen molar-refractivity contribution in [3.05, 3.63) is 29.3 Å². The highest BCUT2D eigenvalue weighted by molar-refractivity contribution is 5.67. The van der Waals surface area contributed by atoms with E-state index >= 15 is 0 Å². The molecule has 1 heterocycles. The third-order valence-corrected chi connectivity index (χ3v) is 3.97. The van der Waals surface area contributed by atoms with Gasteiger partial charge >= 0.3 is 6.09 Å². The second kappa shape index (κ2) is 6.87. The molecule has 1 aromatic rings. The number of fused-ring (bicyclic) bond motifs is 1. The number of nitrogens with one attached hydrogen (secondary N) is 2. The van der Waals surface area contributed by atoms with Crippen LogP contribution in [0.2, 0.25) is 0 Å². The van der Waals surface area contributed by atoms with Crippen LogP contribution in [0, 0.1) is 0 Å². The summed E-state index contributed by atoms with van der Waals surface area (Å²) in [5.74, 6) is 0.986. The van der Waals surface area contributed by atoms with E-state index < -0.39 is 5.60 Å². The zero-order valence-corrected chi connectivity index (χ0v) is 16.6. The van der Waals surface area contributed by atoms with E-state index in [0.29, 0.717) is 6.54 Å². The summed E-state index contributed by atoms with van der Waals surface area (Å²) in [5, 5.41) is 6.32. The summed E-state index contributed by atoms with van der Waals surface area (Å²) in [6.45, 7) is 15.1. The molecule has 0 atom stereocenters. The molecule has 1 aliphatic heterocycles. The lowest BCUT2D eigenvalue weighted by Gasteiger charge is -2.28. The van der Waals surface area contributed by atoms with Gasteiger partial charge < -0.3 is 20.1 Å². The first kappa shape index (κ1) is 19.6. The number of carbonyl (C=O) groups is 1. The summed E-state index contributed by atoms with van der Waals surface area (Å²) in [7, 11) is 0. The number of carbonyl (C=O) groups excluding carboxylic acids is 1. The zero-order chi connectivity index (χ0) is 18.9. The summed E-state index contributed by atoms with van der Waals surface area (Å²) < 4.78 is 11.2. The van der Waals surface area contributed by atoms with Crippen molar-refractivity contribution < 1.29 is 14.3 Å². The maximum atomic E-state index is 11.8. The Labute approximate surface area is 151 Å². The van der Waals surface area contributed by atoms with E-state index in [4.69, 9.17) is 9.47 Å². The topological polar surface area (TPSA) is 59.6 Å². The van der Waals surface area contributed by atoms with Gasteiger partial charge in [-0.1, -0.05) is 12.1 Å². The minimum Gasteiger partial charge on any atom is -0.487 e. The molecule has 2 rings (SSSR count). The number of alkyl carbamates (subject to hydrolysis) is 1. The molecule has 0 saturated carbocycles. The molecule has 140 valence electrons. The average molecular weight is 348 g/mol. The predicted octanol–water partition coefficient (Wildman–Crippen LogP) is 3.79. The molecule has 0 bridgehead atoms. The fourth-order valence-corrected chi connectivity index (χ4v) is 2.78. The van der Waals surface area contributed by atoms with E-state index in [-0.39, 0.29) is 17.2 Å². The highest BCUT2D eigenvalue weighted by atomic mass is 16.6. The first-order chi connectivity index (χ1) is 11.4. The van der Waals surface area contributed by atoms with Crippen LogP contribution < -0.4 is 15.4 Å². The summed E-state index contributed by atoms with van der Waals surface area (Å²) in [4.78, 5) is 11.8. The Balaban J connectivity index is 1.85. The van der Waals surface area contributed by atoms with Crippen molar-refractivity contribution in [1.82, 2.24) is 10.6 Å². The molecule has 5 heteroatoms. The van der Waals surface area contributed by atoms with Gasteiger partial charge in [-0.3, -0.25) is 0 Å². The molecule has 1 amide bonds. The van der Waals surface area contributed by atoms with Crippen molar-refractivity contribution >= 4 is 6.09 Å². The molecule has 0 fully saturated rings. The lowest BCUT2D eigenvalue weighted by molar-refractivity contribution is 0.0513. The number of hydrogen-bond donors (Lipinski definition) is 2. The van der Waals surface area contributed by atoms with Gasteiger partial charge in [0, 0.05) is 25.0 Å². The van der Waals surface area contributed by atoms with Crippen LogP contribution >= 0.6 is 0 Å². The third kappa shape index (κ3) is 6.24. The quantitative estimate of drug-likeness (QED) is 0.850. The van der Waals surface area contributed by atoms with Gasteiger partial charge in [0.15, 0.2) is 0 Å². The summed E-state index contributed by atoms with van der Waals surface area (Å²) >= 11 is 0. The molecular formula is C20H32N2O3. The monoisotopic (exact) mass is 348 g/mol. The van der Waals surface area contributed by atoms with E-state index in [0.717, 1.165) is 18.7 Å². The highest BCUT2D eigenvalue weighted by Gasteiger charge is 2.30. The molecule has 1 aliphatic rings. The lowest BCUT2D eigenvalue weighted by atomic mass is 9.99. The lowest BCUT2D eigenvalue weighted by Crippen LogP contribution is -2.49. The van der Waals surface area contributed by atoms with Crippen LogP contribution in [0.15, 0.2) is 18.2 Å². The molecule has 0 saturated heterocycles. The van der Waals surface area contributed by atoms with Gasteiger partial charge in [-0.05, 0) is 65.7 Å². The number of amides is 1. The van der Waals surface area contributed by atoms with Gasteiger partial charge in [0.2, 0.25) is 0 Å². The Hall–Kier alpha value is -1.75. The highest BCUT2D eigenvalue weighted by Crippen LogP contribution is 2.35. The molecule has 0 unspecified atom stereocenters. The Morgan fingerprint density at radius 1 is 1.24 bits per heavy atom. The maximum absolute atomic E-state index is 11.8. The van der Waals surface area contributed by atoms with Crippen LogP contribution in [0.4, 0.5) is 4.79 Å². The van der Waals surface area contributed by atoms with Gasteiger partial charge in [0.05, 0.1) is 0 Å². The van der Waals surface area contributed by atoms with Crippen LogP contribution in [0.3, 0.4) is 0 Å². The van der Waals surface area contributed by atoms with Gasteiger partial charge in [-0.2, -0.15) is 0 Å². The molecule has 0 radical (unpaired) electrons. The van der Waals surface area contributed by atoms with Crippen molar-refractivity contribution in [1.29, 1.82) is 0 Å². The molecule has 0 aromatic heterocycles. The van der Waals surface area contributed by atoms with Crippen molar-refractivity contribution in [2.24, 2.45) is 0 Å². The number of benzene rings is 1. The van der Waals surface area contributed by atoms with Gasteiger partial charge in [0.1, 0.15) is 17.0 Å². The van der Waals surface area contributed by atoms with E-state index in [1.54, 1.807) is 0 Å². The molecule has 0 spiro atoms. The molecule has 25 heavy (non-hydrogen) atoms. The Morgan fingerprint density at radius 3 is 2.56 bits per heavy atom. The normalized spacial score (nSPS) is 16.1. The van der Waals surface area contributed by atoms with Gasteiger partial charge in [-0.15, -0.1) is 0 Å². The SMILES string of the molecule is CC(C)(CNC(=O)OC(C)(C)C)NCc1ccc2c(c1)CC(C)(C)O2. The van der Waals surface area contributed by atoms with Crippen LogP contribution in [0.25, 0.3) is 0 Å². The summed E-state index contributed by atoms with van der Waals surface area (Å²) in [6.07, 6.45) is 0.541. The standard InChI is InChI=1S/C20H32N2O3/c1-18(2,3)25-17(23)21-13-19(4,5)22-12-14-8-9-16-15(10-14)11-20(6,7)24-16/h8-10,22H,11-13H2,1-7H3,(H,21,23). The van der Waals surface area contributed by atoms with Crippen molar-refractivity contribution in [2.75, 3.05) is 6.54 Å². The smallest absolute Gasteiger partial charge is 0.407 e. The largest absolute Gasteiger partial charge is 0.487 e. The van der Waals surface area contributed by atoms with Crippen molar-refractivity contribution in [3.63, 3.8) is 0 Å². The summed E-state index contributed by atoms with van der Waals surface area (Å²) in [5.41, 5.74) is 1.62. The molecule has 0 aliphatic carbocycles. The molecule has 1 aromatic carbocycles. The van der Waals surface area contributed by atoms with E-state index in [1.165, 1.54) is 11.1 Å². The Kier molecular flexibility index (Phi) is 5.38. The number of hydrogen-bond acceptors (Lipinski definition) is 4. The fraction of sp³-hybridized carbons (Fsp3) is 0.650. The maximum Gasteiger partial charge on any atom is 0.407 e. The first-order valence-electron chi connectivity index (χ1n) is 8.88.